The van der Waals surface area contributed by atoms with Crippen LogP contribution in [0, 0.1) is 6.92 Å². The molecule has 0 aliphatic heterocycles. The van der Waals surface area contributed by atoms with Gasteiger partial charge in [0.05, 0.1) is 5.56 Å². The first kappa shape index (κ1) is 18.1. The Bertz CT molecular complexity index is 557. The summed E-state index contributed by atoms with van der Waals surface area (Å²) in [6.45, 7) is 7.01. The van der Waals surface area contributed by atoms with E-state index in [-0.39, 0.29) is 6.54 Å². The van der Waals surface area contributed by atoms with Gasteiger partial charge in [-0.3, -0.25) is 0 Å². The second-order valence-corrected chi connectivity index (χ2v) is 5.92. The number of hydrogen-bond acceptors (Lipinski definition) is 2. The summed E-state index contributed by atoms with van der Waals surface area (Å²) in [6.07, 6.45) is -1.85. The van der Waals surface area contributed by atoms with Crippen LogP contribution in [0.3, 0.4) is 0 Å². The third-order valence-corrected chi connectivity index (χ3v) is 2.50. The molecule has 0 atom stereocenters. The summed E-state index contributed by atoms with van der Waals surface area (Å²) in [6, 6.07) is 3.80. The maximum Gasteiger partial charge on any atom is 0.416 e. The van der Waals surface area contributed by atoms with E-state index in [1.165, 1.54) is 6.08 Å². The summed E-state index contributed by atoms with van der Waals surface area (Å²) >= 11 is 0. The molecular weight excluding hydrogens is 295 g/mol. The Morgan fingerprint density at radius 3 is 2.41 bits per heavy atom. The number of ether oxygens (including phenoxy) is 1. The highest BCUT2D eigenvalue weighted by Crippen LogP contribution is 2.30. The minimum absolute atomic E-state index is 0.171. The van der Waals surface area contributed by atoms with Gasteiger partial charge in [0.15, 0.2) is 0 Å². The molecule has 22 heavy (non-hydrogen) atoms. The molecule has 0 spiro atoms. The molecule has 0 aliphatic rings. The minimum Gasteiger partial charge on any atom is -0.444 e. The zero-order valence-corrected chi connectivity index (χ0v) is 13.0. The molecule has 0 saturated carbocycles. The summed E-state index contributed by atoms with van der Waals surface area (Å²) in [5.41, 5.74) is -0.327. The Balaban J connectivity index is 2.64. The monoisotopic (exact) mass is 315 g/mol. The average Bonchev–Trinajstić information content (AvgIpc) is 2.30. The first-order valence-corrected chi connectivity index (χ1v) is 6.80. The first-order chi connectivity index (χ1) is 9.97. The minimum atomic E-state index is -4.37. The molecule has 122 valence electrons. The number of carbonyl (C=O) groups is 1. The van der Waals surface area contributed by atoms with Gasteiger partial charge in [-0.15, -0.1) is 0 Å². The normalized spacial score (nSPS) is 12.5. The summed E-state index contributed by atoms with van der Waals surface area (Å²) in [4.78, 5) is 11.4. The molecule has 0 aromatic heterocycles. The number of rotatable bonds is 3. The Labute approximate surface area is 128 Å². The lowest BCUT2D eigenvalue weighted by Crippen LogP contribution is -2.32. The molecule has 1 aromatic carbocycles. The van der Waals surface area contributed by atoms with Crippen molar-refractivity contribution in [3.05, 3.63) is 41.0 Å². The van der Waals surface area contributed by atoms with Crippen LogP contribution in [0.25, 0.3) is 6.08 Å². The van der Waals surface area contributed by atoms with Crippen LogP contribution in [0.15, 0.2) is 24.3 Å². The number of benzene rings is 1. The molecule has 0 heterocycles. The van der Waals surface area contributed by atoms with Gasteiger partial charge >= 0.3 is 12.3 Å². The van der Waals surface area contributed by atoms with Gasteiger partial charge in [0.25, 0.3) is 0 Å². The number of carbonyl (C=O) groups excluding carboxylic acids is 1. The first-order valence-electron chi connectivity index (χ1n) is 6.80. The zero-order chi connectivity index (χ0) is 17.0. The molecule has 3 nitrogen and oxygen atoms in total. The van der Waals surface area contributed by atoms with E-state index in [0.717, 1.165) is 12.1 Å². The van der Waals surface area contributed by atoms with Crippen LogP contribution in [0.5, 0.6) is 0 Å². The fourth-order valence-corrected chi connectivity index (χ4v) is 1.72. The highest BCUT2D eigenvalue weighted by atomic mass is 19.4. The molecule has 1 amide bonds. The second-order valence-electron chi connectivity index (χ2n) is 5.92. The van der Waals surface area contributed by atoms with Gasteiger partial charge in [-0.05, 0) is 51.0 Å². The predicted octanol–water partition coefficient (Wildman–Crippen LogP) is 4.55. The van der Waals surface area contributed by atoms with Crippen LogP contribution < -0.4 is 5.32 Å². The van der Waals surface area contributed by atoms with Gasteiger partial charge in [-0.2, -0.15) is 13.2 Å². The summed E-state index contributed by atoms with van der Waals surface area (Å²) in [5, 5.41) is 2.50. The van der Waals surface area contributed by atoms with Gasteiger partial charge in [0.1, 0.15) is 5.60 Å². The van der Waals surface area contributed by atoms with E-state index in [1.807, 2.05) is 0 Å². The zero-order valence-electron chi connectivity index (χ0n) is 13.0. The Kier molecular flexibility index (Phi) is 5.63. The van der Waals surface area contributed by atoms with Crippen molar-refractivity contribution in [2.75, 3.05) is 6.54 Å². The maximum absolute atomic E-state index is 12.7. The van der Waals surface area contributed by atoms with Crippen LogP contribution in [-0.4, -0.2) is 18.2 Å². The lowest BCUT2D eigenvalue weighted by atomic mass is 10.1. The van der Waals surface area contributed by atoms with E-state index in [9.17, 15) is 18.0 Å². The van der Waals surface area contributed by atoms with E-state index in [2.05, 4.69) is 5.32 Å². The van der Waals surface area contributed by atoms with Crippen molar-refractivity contribution in [2.45, 2.75) is 39.5 Å². The number of amides is 1. The van der Waals surface area contributed by atoms with E-state index in [0.29, 0.717) is 11.1 Å². The average molecular weight is 315 g/mol. The highest BCUT2D eigenvalue weighted by molar-refractivity contribution is 5.68. The third kappa shape index (κ3) is 6.65. The van der Waals surface area contributed by atoms with Crippen molar-refractivity contribution in [3.8, 4) is 0 Å². The lowest BCUT2D eigenvalue weighted by Gasteiger charge is -2.19. The van der Waals surface area contributed by atoms with Crippen LogP contribution in [-0.2, 0) is 10.9 Å². The number of hydrogen-bond donors (Lipinski definition) is 1. The molecular formula is C16H20F3NO2. The smallest absolute Gasteiger partial charge is 0.416 e. The van der Waals surface area contributed by atoms with Gasteiger partial charge in [0.2, 0.25) is 0 Å². The largest absolute Gasteiger partial charge is 0.444 e. The summed E-state index contributed by atoms with van der Waals surface area (Å²) in [5.74, 6) is 0. The highest BCUT2D eigenvalue weighted by Gasteiger charge is 2.30. The lowest BCUT2D eigenvalue weighted by molar-refractivity contribution is -0.137. The molecule has 0 unspecified atom stereocenters. The second kappa shape index (κ2) is 6.85. The van der Waals surface area contributed by atoms with Crippen molar-refractivity contribution in [1.29, 1.82) is 0 Å². The van der Waals surface area contributed by atoms with Crippen molar-refractivity contribution in [3.63, 3.8) is 0 Å². The molecule has 1 aromatic rings. The SMILES string of the molecule is Cc1cc(C=CCNC(=O)OC(C)(C)C)cc(C(F)(F)F)c1. The van der Waals surface area contributed by atoms with Crippen molar-refractivity contribution >= 4 is 12.2 Å². The number of aryl methyl sites for hydroxylation is 1. The maximum atomic E-state index is 12.7. The van der Waals surface area contributed by atoms with Gasteiger partial charge in [0, 0.05) is 6.54 Å². The van der Waals surface area contributed by atoms with Crippen molar-refractivity contribution in [1.82, 2.24) is 5.32 Å². The molecule has 0 fully saturated rings. The van der Waals surface area contributed by atoms with Crippen molar-refractivity contribution < 1.29 is 22.7 Å². The van der Waals surface area contributed by atoms with Crippen LogP contribution in [0.1, 0.15) is 37.5 Å². The number of halogens is 3. The number of nitrogens with one attached hydrogen (secondary N) is 1. The topological polar surface area (TPSA) is 38.3 Å². The molecule has 0 bridgehead atoms. The van der Waals surface area contributed by atoms with Gasteiger partial charge in [-0.1, -0.05) is 18.2 Å². The van der Waals surface area contributed by atoms with Crippen LogP contribution in [0.4, 0.5) is 18.0 Å². The van der Waals surface area contributed by atoms with Gasteiger partial charge in [-0.25, -0.2) is 4.79 Å². The van der Waals surface area contributed by atoms with E-state index in [1.54, 1.807) is 39.8 Å². The Hall–Kier alpha value is -1.98. The van der Waals surface area contributed by atoms with Crippen LogP contribution in [0.2, 0.25) is 0 Å². The Morgan fingerprint density at radius 2 is 1.86 bits per heavy atom. The molecule has 0 aliphatic carbocycles. The summed E-state index contributed by atoms with van der Waals surface area (Å²) < 4.78 is 43.1. The molecule has 1 N–H and O–H groups in total. The number of alkyl halides is 3. The molecule has 1 rings (SSSR count). The standard InChI is InChI=1S/C16H20F3NO2/c1-11-8-12(10-13(9-11)16(17,18)19)6-5-7-20-14(21)22-15(2,3)4/h5-6,8-10H,7H2,1-4H3,(H,20,21). The number of alkyl carbamates (subject to hydrolysis) is 1. The van der Waals surface area contributed by atoms with E-state index >= 15 is 0 Å². The van der Waals surface area contributed by atoms with Crippen LogP contribution >= 0.6 is 0 Å². The van der Waals surface area contributed by atoms with E-state index in [4.69, 9.17) is 4.74 Å². The van der Waals surface area contributed by atoms with E-state index < -0.39 is 23.4 Å². The Morgan fingerprint density at radius 1 is 1.23 bits per heavy atom. The molecule has 0 radical (unpaired) electrons. The fourth-order valence-electron chi connectivity index (χ4n) is 1.72. The predicted molar refractivity (Wildman–Crippen MR) is 79.5 cm³/mol. The molecule has 0 saturated heterocycles. The quantitative estimate of drug-likeness (QED) is 0.888. The van der Waals surface area contributed by atoms with Crippen molar-refractivity contribution in [2.24, 2.45) is 0 Å². The molecule has 6 heteroatoms. The third-order valence-electron chi connectivity index (χ3n) is 2.50. The summed E-state index contributed by atoms with van der Waals surface area (Å²) in [7, 11) is 0. The fraction of sp³-hybridized carbons (Fsp3) is 0.438. The van der Waals surface area contributed by atoms with Gasteiger partial charge < -0.3 is 10.1 Å².